The Morgan fingerprint density at radius 2 is 1.80 bits per heavy atom. The number of nitrogens with zero attached hydrogens (tertiary/aromatic N) is 3. The largest absolute Gasteiger partial charge is 0.462 e. The molecule has 3 rings (SSSR count). The van der Waals surface area contributed by atoms with Gasteiger partial charge in [-0.1, -0.05) is 44.2 Å². The molecule has 3 aromatic rings. The van der Waals surface area contributed by atoms with Crippen molar-refractivity contribution < 1.29 is 28.6 Å². The summed E-state index contributed by atoms with van der Waals surface area (Å²) in [5, 5.41) is 5.32. The number of aromatic nitrogens is 4. The van der Waals surface area contributed by atoms with Gasteiger partial charge in [-0.15, -0.1) is 0 Å². The molecule has 14 heteroatoms. The van der Waals surface area contributed by atoms with E-state index in [9.17, 15) is 19.2 Å². The summed E-state index contributed by atoms with van der Waals surface area (Å²) in [5.74, 6) is -1.56. The lowest BCUT2D eigenvalue weighted by Gasteiger charge is -2.26. The molecule has 0 aliphatic carbocycles. The smallest absolute Gasteiger partial charge is 0.408 e. The zero-order valence-electron chi connectivity index (χ0n) is 23.8. The molecule has 0 unspecified atom stereocenters. The lowest BCUT2D eigenvalue weighted by atomic mass is 10.0. The van der Waals surface area contributed by atoms with Crippen LogP contribution in [0.2, 0.25) is 0 Å². The van der Waals surface area contributed by atoms with Crippen molar-refractivity contribution in [2.24, 2.45) is 5.92 Å². The number of hydrogen-bond donors (Lipinski definition) is 4. The predicted molar refractivity (Wildman–Crippen MR) is 150 cm³/mol. The summed E-state index contributed by atoms with van der Waals surface area (Å²) in [5.41, 5.74) is 5.57. The van der Waals surface area contributed by atoms with Crippen LogP contribution in [-0.2, 0) is 37.0 Å². The van der Waals surface area contributed by atoms with Crippen molar-refractivity contribution in [3.8, 4) is 0 Å². The number of anilines is 1. The fraction of sp³-hybridized carbons (Fsp3) is 0.481. The quantitative estimate of drug-likeness (QED) is 0.183. The summed E-state index contributed by atoms with van der Waals surface area (Å²) in [7, 11) is 0. The number of fused-ring (bicyclic) bond motifs is 1. The minimum Gasteiger partial charge on any atom is -0.462 e. The Labute approximate surface area is 237 Å². The number of esters is 1. The van der Waals surface area contributed by atoms with Crippen LogP contribution in [0.1, 0.15) is 40.2 Å². The Morgan fingerprint density at radius 1 is 1.10 bits per heavy atom. The first-order valence-corrected chi connectivity index (χ1v) is 13.1. The molecule has 0 saturated heterocycles. The minimum atomic E-state index is -0.996. The number of carbonyl (C=O) groups excluding carboxylic acids is 3. The summed E-state index contributed by atoms with van der Waals surface area (Å²) < 4.78 is 17.7. The molecule has 0 fully saturated rings. The maximum absolute atomic E-state index is 13.3. The lowest BCUT2D eigenvalue weighted by molar-refractivity contribution is -0.151. The lowest BCUT2D eigenvalue weighted by Crippen LogP contribution is -2.54. The number of rotatable bonds is 12. The van der Waals surface area contributed by atoms with Crippen molar-refractivity contribution in [1.82, 2.24) is 30.2 Å². The second-order valence-corrected chi connectivity index (χ2v) is 10.7. The number of hydrogen-bond acceptors (Lipinski definition) is 10. The Balaban J connectivity index is 1.56. The van der Waals surface area contributed by atoms with E-state index in [1.807, 2.05) is 30.3 Å². The van der Waals surface area contributed by atoms with Crippen molar-refractivity contribution in [1.29, 1.82) is 0 Å². The molecule has 0 saturated carbocycles. The van der Waals surface area contributed by atoms with Gasteiger partial charge in [0.1, 0.15) is 31.0 Å². The van der Waals surface area contributed by atoms with Gasteiger partial charge in [0.15, 0.2) is 11.2 Å². The fourth-order valence-electron chi connectivity index (χ4n) is 3.78. The molecule has 0 radical (unpaired) electrons. The Kier molecular flexibility index (Phi) is 10.4. The third-order valence-electron chi connectivity index (χ3n) is 5.70. The standard InChI is InChI=1S/C27H37N7O7/c1-16(2)19(24(37)40-12-11-39-15-34-14-29-20-21(34)32-25(28)33-23(20)36)31-22(35)18(13-17-9-7-6-8-10-17)30-26(38)41-27(3,4)5/h6-10,14,16,18-19H,11-13,15H2,1-5H3,(H,30,38)(H,31,35)(H3,28,32,33,36)/t18-,19-/m0/s1. The van der Waals surface area contributed by atoms with Crippen molar-refractivity contribution in [3.63, 3.8) is 0 Å². The number of nitrogen functional groups attached to an aromatic ring is 1. The molecule has 2 aromatic heterocycles. The number of nitrogens with two attached hydrogens (primary N) is 1. The van der Waals surface area contributed by atoms with E-state index in [2.05, 4.69) is 25.6 Å². The van der Waals surface area contributed by atoms with Crippen LogP contribution in [0, 0.1) is 5.92 Å². The van der Waals surface area contributed by atoms with Crippen LogP contribution in [0.4, 0.5) is 10.7 Å². The predicted octanol–water partition coefficient (Wildman–Crippen LogP) is 1.50. The molecule has 2 heterocycles. The molecule has 5 N–H and O–H groups in total. The van der Waals surface area contributed by atoms with Crippen LogP contribution >= 0.6 is 0 Å². The zero-order chi connectivity index (χ0) is 30.2. The number of carbonyl (C=O) groups is 3. The molecular weight excluding hydrogens is 534 g/mol. The zero-order valence-corrected chi connectivity index (χ0v) is 23.8. The number of H-pyrrole nitrogens is 1. The van der Waals surface area contributed by atoms with E-state index in [1.54, 1.807) is 34.6 Å². The van der Waals surface area contributed by atoms with Crippen LogP contribution < -0.4 is 21.9 Å². The number of aromatic amines is 1. The average Bonchev–Trinajstić information content (AvgIpc) is 3.28. The second-order valence-electron chi connectivity index (χ2n) is 10.7. The van der Waals surface area contributed by atoms with Crippen LogP contribution in [-0.4, -0.2) is 68.4 Å². The molecule has 2 amide bonds. The summed E-state index contributed by atoms with van der Waals surface area (Å²) in [4.78, 5) is 60.9. The topological polar surface area (TPSA) is 193 Å². The van der Waals surface area contributed by atoms with E-state index >= 15 is 0 Å². The molecule has 14 nitrogen and oxygen atoms in total. The summed E-state index contributed by atoms with van der Waals surface area (Å²) in [6.45, 7) is 8.62. The highest BCUT2D eigenvalue weighted by atomic mass is 16.6. The van der Waals surface area contributed by atoms with E-state index in [0.717, 1.165) is 5.56 Å². The summed E-state index contributed by atoms with van der Waals surface area (Å²) >= 11 is 0. The van der Waals surface area contributed by atoms with Gasteiger partial charge in [-0.3, -0.25) is 19.1 Å². The highest BCUT2D eigenvalue weighted by Gasteiger charge is 2.31. The molecule has 0 bridgehead atoms. The third-order valence-corrected chi connectivity index (χ3v) is 5.70. The van der Waals surface area contributed by atoms with E-state index in [4.69, 9.17) is 19.9 Å². The van der Waals surface area contributed by atoms with Gasteiger partial charge in [-0.25, -0.2) is 14.6 Å². The van der Waals surface area contributed by atoms with Gasteiger partial charge in [-0.05, 0) is 32.3 Å². The maximum atomic E-state index is 13.3. The number of ether oxygens (including phenoxy) is 3. The number of imidazole rings is 1. The second kappa shape index (κ2) is 13.7. The van der Waals surface area contributed by atoms with E-state index < -0.39 is 41.2 Å². The van der Waals surface area contributed by atoms with Gasteiger partial charge in [-0.2, -0.15) is 4.98 Å². The number of amides is 2. The monoisotopic (exact) mass is 571 g/mol. The molecule has 2 atom stereocenters. The highest BCUT2D eigenvalue weighted by molar-refractivity contribution is 5.90. The van der Waals surface area contributed by atoms with E-state index in [0.29, 0.717) is 0 Å². The van der Waals surface area contributed by atoms with E-state index in [1.165, 1.54) is 10.9 Å². The van der Waals surface area contributed by atoms with Gasteiger partial charge < -0.3 is 30.6 Å². The van der Waals surface area contributed by atoms with Gasteiger partial charge in [0, 0.05) is 6.42 Å². The molecule has 1 aromatic carbocycles. The first-order chi connectivity index (χ1) is 19.3. The van der Waals surface area contributed by atoms with Gasteiger partial charge >= 0.3 is 12.1 Å². The maximum Gasteiger partial charge on any atom is 0.408 e. The summed E-state index contributed by atoms with van der Waals surface area (Å²) in [6.07, 6.45) is 0.831. The first kappa shape index (κ1) is 31.1. The number of nitrogens with one attached hydrogen (secondary N) is 3. The molecule has 0 aliphatic rings. The molecular formula is C27H37N7O7. The van der Waals surface area contributed by atoms with Crippen molar-refractivity contribution in [2.75, 3.05) is 18.9 Å². The highest BCUT2D eigenvalue weighted by Crippen LogP contribution is 2.11. The van der Waals surface area contributed by atoms with Gasteiger partial charge in [0.25, 0.3) is 5.56 Å². The van der Waals surface area contributed by atoms with Crippen LogP contribution in [0.3, 0.4) is 0 Å². The molecule has 0 spiro atoms. The average molecular weight is 572 g/mol. The van der Waals surface area contributed by atoms with Gasteiger partial charge in [0.05, 0.1) is 12.9 Å². The van der Waals surface area contributed by atoms with Crippen molar-refractivity contribution in [2.45, 2.75) is 65.5 Å². The molecule has 222 valence electrons. The Hall–Kier alpha value is -4.46. The Morgan fingerprint density at radius 3 is 2.46 bits per heavy atom. The summed E-state index contributed by atoms with van der Waals surface area (Å²) in [6, 6.07) is 7.20. The normalized spacial score (nSPS) is 13.0. The third kappa shape index (κ3) is 9.31. The van der Waals surface area contributed by atoms with Crippen LogP contribution in [0.25, 0.3) is 11.2 Å². The Bertz CT molecular complexity index is 1400. The minimum absolute atomic E-state index is 0.00815. The number of benzene rings is 1. The van der Waals surface area contributed by atoms with Crippen LogP contribution in [0.5, 0.6) is 0 Å². The van der Waals surface area contributed by atoms with Crippen LogP contribution in [0.15, 0.2) is 41.5 Å². The fourth-order valence-corrected chi connectivity index (χ4v) is 3.78. The molecule has 41 heavy (non-hydrogen) atoms. The first-order valence-electron chi connectivity index (χ1n) is 13.1. The van der Waals surface area contributed by atoms with Gasteiger partial charge in [0.2, 0.25) is 11.9 Å². The SMILES string of the molecule is CC(C)[C@H](NC(=O)[C@H](Cc1ccccc1)NC(=O)OC(C)(C)C)C(=O)OCCOCn1cnc2c(=O)[nH]c(N)nc21. The molecule has 0 aliphatic heterocycles. The number of alkyl carbamates (subject to hydrolysis) is 1. The van der Waals surface area contributed by atoms with Crippen molar-refractivity contribution in [3.05, 3.63) is 52.6 Å². The van der Waals surface area contributed by atoms with E-state index in [-0.39, 0.29) is 49.4 Å². The van der Waals surface area contributed by atoms with Crippen molar-refractivity contribution >= 4 is 35.1 Å².